The lowest BCUT2D eigenvalue weighted by Gasteiger charge is -2.33. The quantitative estimate of drug-likeness (QED) is 0.177. The number of hydrogen-bond acceptors (Lipinski definition) is 1. The number of nitrogens with zero attached hydrogens (tertiary/aromatic N) is 1. The number of rotatable bonds is 3. The van der Waals surface area contributed by atoms with Crippen molar-refractivity contribution in [3.8, 4) is 44.5 Å². The van der Waals surface area contributed by atoms with Gasteiger partial charge >= 0.3 is 0 Å². The Hall–Kier alpha value is -6.70. The standard InChI is InChI=1S/C54H39N/c1-2-16-36(17-3-1)55(37-30-32-51-47-26-10-8-22-43(47)39-18-4-6-20-41(39)45-24-12-14-28-49(45)53(51)34-37)38-31-33-52-48-27-11-9-23-44(48)40-19-5-7-21-42(40)46-25-13-15-29-50(46)54(52)35-38/h1-12,14-22,24,26-35,44H,13,23,25H2. The van der Waals surface area contributed by atoms with E-state index in [1.54, 1.807) is 0 Å². The van der Waals surface area contributed by atoms with Gasteiger partial charge in [-0.05, 0) is 139 Å². The lowest BCUT2D eigenvalue weighted by atomic mass is 9.72. The van der Waals surface area contributed by atoms with Crippen LogP contribution in [0, 0.1) is 0 Å². The molecule has 0 saturated heterocycles. The number of anilines is 3. The van der Waals surface area contributed by atoms with Gasteiger partial charge in [0, 0.05) is 23.0 Å². The number of fused-ring (bicyclic) bond motifs is 15. The fourth-order valence-electron chi connectivity index (χ4n) is 9.63. The minimum Gasteiger partial charge on any atom is -0.310 e. The zero-order valence-corrected chi connectivity index (χ0v) is 30.6. The summed E-state index contributed by atoms with van der Waals surface area (Å²) in [5.74, 6) is 0.331. The topological polar surface area (TPSA) is 3.24 Å². The van der Waals surface area contributed by atoms with Crippen molar-refractivity contribution in [1.82, 2.24) is 0 Å². The van der Waals surface area contributed by atoms with E-state index in [4.69, 9.17) is 0 Å². The van der Waals surface area contributed by atoms with Gasteiger partial charge in [0.1, 0.15) is 0 Å². The van der Waals surface area contributed by atoms with Gasteiger partial charge in [-0.2, -0.15) is 0 Å². The van der Waals surface area contributed by atoms with Gasteiger partial charge in [-0.3, -0.25) is 0 Å². The predicted octanol–water partition coefficient (Wildman–Crippen LogP) is 14.8. The van der Waals surface area contributed by atoms with E-state index in [2.05, 4.69) is 199 Å². The lowest BCUT2D eigenvalue weighted by molar-refractivity contribution is 0.865. The van der Waals surface area contributed by atoms with E-state index in [9.17, 15) is 0 Å². The zero-order chi connectivity index (χ0) is 36.3. The van der Waals surface area contributed by atoms with Gasteiger partial charge in [0.2, 0.25) is 0 Å². The fraction of sp³-hybridized carbons (Fsp3) is 0.0741. The summed E-state index contributed by atoms with van der Waals surface area (Å²) < 4.78 is 0. The first-order valence-corrected chi connectivity index (χ1v) is 19.6. The molecule has 1 atom stereocenters. The van der Waals surface area contributed by atoms with Crippen molar-refractivity contribution in [3.63, 3.8) is 0 Å². The van der Waals surface area contributed by atoms with E-state index in [0.717, 1.165) is 36.3 Å². The molecule has 0 bridgehead atoms. The number of hydrogen-bond donors (Lipinski definition) is 0. The molecule has 0 amide bonds. The molecule has 0 heterocycles. The second-order valence-corrected chi connectivity index (χ2v) is 15.0. The Balaban J connectivity index is 1.16. The van der Waals surface area contributed by atoms with Crippen LogP contribution in [0.4, 0.5) is 17.1 Å². The summed E-state index contributed by atoms with van der Waals surface area (Å²) in [6.45, 7) is 0. The SMILES string of the molecule is C1=CCC2C(=C1)c1ccc(N(c3ccccc3)c3ccc4c(c3)-c3ccccc3-c3ccccc3-c3ccccc3-4)cc1C1=C(CCC=C1)c1ccccc12. The second kappa shape index (κ2) is 13.0. The molecule has 7 aromatic rings. The summed E-state index contributed by atoms with van der Waals surface area (Å²) in [7, 11) is 0. The highest BCUT2D eigenvalue weighted by molar-refractivity contribution is 6.05. The number of allylic oxidation sites excluding steroid dienone is 8. The monoisotopic (exact) mass is 701 g/mol. The van der Waals surface area contributed by atoms with E-state index in [1.807, 2.05) is 0 Å². The second-order valence-electron chi connectivity index (χ2n) is 15.0. The molecule has 0 spiro atoms. The fourth-order valence-corrected chi connectivity index (χ4v) is 9.63. The molecule has 55 heavy (non-hydrogen) atoms. The number of para-hydroxylation sites is 1. The smallest absolute Gasteiger partial charge is 0.0468 e. The van der Waals surface area contributed by atoms with Crippen molar-refractivity contribution in [1.29, 1.82) is 0 Å². The molecule has 1 heteroatoms. The predicted molar refractivity (Wildman–Crippen MR) is 233 cm³/mol. The summed E-state index contributed by atoms with van der Waals surface area (Å²) in [6, 6.07) is 61.0. The summed E-state index contributed by atoms with van der Waals surface area (Å²) in [5, 5.41) is 0. The first-order valence-electron chi connectivity index (χ1n) is 19.6. The third-order valence-corrected chi connectivity index (χ3v) is 12.1. The normalized spacial score (nSPS) is 15.9. The first kappa shape index (κ1) is 31.8. The molecular weight excluding hydrogens is 663 g/mol. The van der Waals surface area contributed by atoms with Gasteiger partial charge in [0.05, 0.1) is 0 Å². The van der Waals surface area contributed by atoms with E-state index >= 15 is 0 Å². The maximum Gasteiger partial charge on any atom is 0.0468 e. The summed E-state index contributed by atoms with van der Waals surface area (Å²) >= 11 is 0. The molecule has 0 aliphatic heterocycles. The molecule has 0 aromatic heterocycles. The molecule has 260 valence electrons. The van der Waals surface area contributed by atoms with E-state index in [1.165, 1.54) is 83.5 Å². The molecule has 4 aliphatic carbocycles. The molecule has 0 N–H and O–H groups in total. The van der Waals surface area contributed by atoms with Crippen LogP contribution >= 0.6 is 0 Å². The van der Waals surface area contributed by atoms with Crippen molar-refractivity contribution >= 4 is 33.8 Å². The van der Waals surface area contributed by atoms with Crippen molar-refractivity contribution in [3.05, 3.63) is 216 Å². The zero-order valence-electron chi connectivity index (χ0n) is 30.6. The average molecular weight is 702 g/mol. The average Bonchev–Trinajstić information content (AvgIpc) is 3.26. The van der Waals surface area contributed by atoms with Gasteiger partial charge in [-0.15, -0.1) is 0 Å². The van der Waals surface area contributed by atoms with Crippen molar-refractivity contribution < 1.29 is 0 Å². The minimum absolute atomic E-state index is 0.331. The highest BCUT2D eigenvalue weighted by atomic mass is 15.1. The van der Waals surface area contributed by atoms with Gasteiger partial charge in [0.25, 0.3) is 0 Å². The van der Waals surface area contributed by atoms with Crippen LogP contribution in [0.3, 0.4) is 0 Å². The van der Waals surface area contributed by atoms with Crippen LogP contribution < -0.4 is 4.90 Å². The van der Waals surface area contributed by atoms with Crippen molar-refractivity contribution in [2.45, 2.75) is 25.2 Å². The summed E-state index contributed by atoms with van der Waals surface area (Å²) in [6.07, 6.45) is 14.8. The molecule has 1 nitrogen and oxygen atoms in total. The number of benzene rings is 7. The van der Waals surface area contributed by atoms with Crippen LogP contribution in [0.1, 0.15) is 47.4 Å². The highest BCUT2D eigenvalue weighted by Crippen LogP contribution is 2.52. The molecule has 0 saturated carbocycles. The van der Waals surface area contributed by atoms with Crippen LogP contribution in [0.2, 0.25) is 0 Å². The Bertz CT molecular complexity index is 2790. The van der Waals surface area contributed by atoms with Crippen LogP contribution in [0.15, 0.2) is 194 Å². The van der Waals surface area contributed by atoms with Gasteiger partial charge in [0.15, 0.2) is 0 Å². The Labute approximate surface area is 323 Å². The van der Waals surface area contributed by atoms with Crippen LogP contribution in [0.25, 0.3) is 61.2 Å². The lowest BCUT2D eigenvalue weighted by Crippen LogP contribution is -2.14. The van der Waals surface area contributed by atoms with Crippen molar-refractivity contribution in [2.24, 2.45) is 0 Å². The molecule has 11 rings (SSSR count). The largest absolute Gasteiger partial charge is 0.310 e. The van der Waals surface area contributed by atoms with Crippen LogP contribution in [-0.2, 0) is 0 Å². The van der Waals surface area contributed by atoms with Crippen LogP contribution in [-0.4, -0.2) is 0 Å². The maximum atomic E-state index is 2.47. The Morgan fingerprint density at radius 1 is 0.418 bits per heavy atom. The highest BCUT2D eigenvalue weighted by Gasteiger charge is 2.30. The first-order chi connectivity index (χ1) is 27.3. The van der Waals surface area contributed by atoms with Crippen molar-refractivity contribution in [2.75, 3.05) is 4.90 Å². The Morgan fingerprint density at radius 3 is 1.60 bits per heavy atom. The van der Waals surface area contributed by atoms with E-state index in [-0.39, 0.29) is 0 Å². The maximum absolute atomic E-state index is 2.47. The van der Waals surface area contributed by atoms with Gasteiger partial charge in [-0.1, -0.05) is 158 Å². The Kier molecular flexibility index (Phi) is 7.52. The molecule has 4 aliphatic rings. The van der Waals surface area contributed by atoms with Gasteiger partial charge in [-0.25, -0.2) is 0 Å². The molecule has 1 unspecified atom stereocenters. The van der Waals surface area contributed by atoms with Crippen LogP contribution in [0.5, 0.6) is 0 Å². The Morgan fingerprint density at radius 2 is 0.945 bits per heavy atom. The molecular formula is C54H39N. The molecule has 7 aromatic carbocycles. The third kappa shape index (κ3) is 5.15. The molecule has 0 fully saturated rings. The summed E-state index contributed by atoms with van der Waals surface area (Å²) in [4.78, 5) is 2.45. The molecule has 0 radical (unpaired) electrons. The minimum atomic E-state index is 0.331. The summed E-state index contributed by atoms with van der Waals surface area (Å²) in [5.41, 5.74) is 23.2. The third-order valence-electron chi connectivity index (χ3n) is 12.1. The van der Waals surface area contributed by atoms with E-state index in [0.29, 0.717) is 5.92 Å². The van der Waals surface area contributed by atoms with E-state index < -0.39 is 0 Å². The van der Waals surface area contributed by atoms with Gasteiger partial charge < -0.3 is 4.90 Å².